The Bertz CT molecular complexity index is 1110. The molecule has 1 amide bonds. The Morgan fingerprint density at radius 2 is 2.17 bits per heavy atom. The van der Waals surface area contributed by atoms with Crippen LogP contribution in [0.3, 0.4) is 0 Å². The molecule has 1 aliphatic carbocycles. The largest absolute Gasteiger partial charge is 0.465 e. The van der Waals surface area contributed by atoms with E-state index in [9.17, 15) is 4.79 Å². The maximum atomic E-state index is 10.6. The number of pyridine rings is 1. The van der Waals surface area contributed by atoms with Gasteiger partial charge in [-0.2, -0.15) is 0 Å². The zero-order valence-corrected chi connectivity index (χ0v) is 17.0. The molecule has 2 heterocycles. The Hall–Kier alpha value is -3.37. The fourth-order valence-electron chi connectivity index (χ4n) is 4.09. The second kappa shape index (κ2) is 8.97. The number of hydrogen-bond donors (Lipinski definition) is 2. The molecule has 1 atom stereocenters. The van der Waals surface area contributed by atoms with E-state index in [0.29, 0.717) is 13.1 Å². The first-order chi connectivity index (χ1) is 14.6. The highest BCUT2D eigenvalue weighted by Crippen LogP contribution is 2.32. The van der Waals surface area contributed by atoms with Gasteiger partial charge in [-0.25, -0.2) is 9.78 Å². The predicted molar refractivity (Wildman–Crippen MR) is 115 cm³/mol. The molecule has 2 N–H and O–H groups in total. The van der Waals surface area contributed by atoms with Crippen LogP contribution >= 0.6 is 0 Å². The summed E-state index contributed by atoms with van der Waals surface area (Å²) in [5.41, 5.74) is 4.48. The third-order valence-corrected chi connectivity index (χ3v) is 5.51. The van der Waals surface area contributed by atoms with Crippen molar-refractivity contribution < 1.29 is 9.90 Å². The number of fused-ring (bicyclic) bond motifs is 2. The Balaban J connectivity index is 1.57. The fourth-order valence-corrected chi connectivity index (χ4v) is 4.09. The zero-order valence-electron chi connectivity index (χ0n) is 17.0. The third-order valence-electron chi connectivity index (χ3n) is 5.51. The second-order valence-corrected chi connectivity index (χ2v) is 7.49. The number of nitrogens with one attached hydrogen (secondary N) is 1. The molecular formula is C23H25N5O2. The number of nitrogens with zero attached hydrogens (tertiary/aromatic N) is 4. The molecule has 1 aromatic carbocycles. The summed E-state index contributed by atoms with van der Waals surface area (Å²) in [6.07, 6.45) is 4.14. The molecule has 0 aliphatic heterocycles. The van der Waals surface area contributed by atoms with Crippen molar-refractivity contribution in [3.63, 3.8) is 0 Å². The molecule has 0 fully saturated rings. The normalized spacial score (nSPS) is 15.5. The molecule has 7 nitrogen and oxygen atoms in total. The summed E-state index contributed by atoms with van der Waals surface area (Å²) in [4.78, 5) is 22.4. The van der Waals surface area contributed by atoms with Gasteiger partial charge in [-0.05, 0) is 50.1 Å². The van der Waals surface area contributed by atoms with Crippen LogP contribution in [0.1, 0.15) is 36.0 Å². The lowest BCUT2D eigenvalue weighted by Gasteiger charge is -2.32. The van der Waals surface area contributed by atoms with Crippen molar-refractivity contribution in [1.82, 2.24) is 24.8 Å². The summed E-state index contributed by atoms with van der Waals surface area (Å²) >= 11 is 0. The van der Waals surface area contributed by atoms with Crippen molar-refractivity contribution in [1.29, 1.82) is 0 Å². The number of benzene rings is 1. The third kappa shape index (κ3) is 4.29. The lowest BCUT2D eigenvalue weighted by atomic mass is 9.91. The van der Waals surface area contributed by atoms with E-state index in [1.807, 2.05) is 36.5 Å². The summed E-state index contributed by atoms with van der Waals surface area (Å²) < 4.78 is 2.11. The van der Waals surface area contributed by atoms with Crippen molar-refractivity contribution in [2.45, 2.75) is 38.4 Å². The lowest BCUT2D eigenvalue weighted by Crippen LogP contribution is -2.29. The van der Waals surface area contributed by atoms with Gasteiger partial charge >= 0.3 is 6.09 Å². The van der Waals surface area contributed by atoms with Crippen LogP contribution in [0.5, 0.6) is 0 Å². The highest BCUT2D eigenvalue weighted by molar-refractivity contribution is 5.76. The highest BCUT2D eigenvalue weighted by Gasteiger charge is 2.26. The van der Waals surface area contributed by atoms with Gasteiger partial charge in [0, 0.05) is 6.20 Å². The average molecular weight is 403 g/mol. The maximum Gasteiger partial charge on any atom is 0.405 e. The van der Waals surface area contributed by atoms with Crippen LogP contribution < -0.4 is 5.32 Å². The van der Waals surface area contributed by atoms with E-state index in [1.165, 1.54) is 11.3 Å². The number of amides is 1. The van der Waals surface area contributed by atoms with Gasteiger partial charge in [0.2, 0.25) is 0 Å². The van der Waals surface area contributed by atoms with E-state index in [2.05, 4.69) is 44.7 Å². The van der Waals surface area contributed by atoms with Gasteiger partial charge in [0.1, 0.15) is 5.82 Å². The smallest absolute Gasteiger partial charge is 0.405 e. The molecule has 7 heteroatoms. The molecule has 154 valence electrons. The number of imidazole rings is 1. The summed E-state index contributed by atoms with van der Waals surface area (Å²) in [5, 5.41) is 10.9. The van der Waals surface area contributed by atoms with E-state index < -0.39 is 6.09 Å². The Kier molecular flexibility index (Phi) is 5.96. The van der Waals surface area contributed by atoms with Crippen LogP contribution in [-0.4, -0.2) is 44.2 Å². The molecule has 0 saturated heterocycles. The van der Waals surface area contributed by atoms with Gasteiger partial charge in [-0.3, -0.25) is 9.88 Å². The standard InChI is InChI=1S/C23H25N5O2/c1-27(20-12-6-8-17-9-7-14-24-22(17)20)16-21-26-18-10-2-3-11-19(18)28(21)15-5-4-13-25-23(29)30/h2-3,7,9-11,14,20,25H,6,8,12-13,15-16H2,1H3,(H,29,30). The quantitative estimate of drug-likeness (QED) is 0.639. The van der Waals surface area contributed by atoms with E-state index in [4.69, 9.17) is 10.1 Å². The Morgan fingerprint density at radius 1 is 1.30 bits per heavy atom. The number of aryl methyl sites for hydroxylation is 1. The van der Waals surface area contributed by atoms with E-state index >= 15 is 0 Å². The van der Waals surface area contributed by atoms with Gasteiger partial charge in [0.25, 0.3) is 0 Å². The number of carbonyl (C=O) groups is 1. The van der Waals surface area contributed by atoms with E-state index in [1.54, 1.807) is 0 Å². The molecule has 1 unspecified atom stereocenters. The molecule has 3 aromatic rings. The first-order valence-corrected chi connectivity index (χ1v) is 10.1. The summed E-state index contributed by atoms with van der Waals surface area (Å²) in [6, 6.07) is 12.5. The monoisotopic (exact) mass is 403 g/mol. The minimum atomic E-state index is -1.07. The number of hydrogen-bond acceptors (Lipinski definition) is 4. The summed E-state index contributed by atoms with van der Waals surface area (Å²) in [6.45, 7) is 1.26. The van der Waals surface area contributed by atoms with Gasteiger partial charge in [-0.15, -0.1) is 0 Å². The molecule has 4 rings (SSSR count). The van der Waals surface area contributed by atoms with E-state index in [-0.39, 0.29) is 12.6 Å². The molecular weight excluding hydrogens is 378 g/mol. The number of para-hydroxylation sites is 2. The second-order valence-electron chi connectivity index (χ2n) is 7.49. The van der Waals surface area contributed by atoms with Crippen LogP contribution in [-0.2, 0) is 19.5 Å². The van der Waals surface area contributed by atoms with Gasteiger partial charge in [0.05, 0.1) is 42.4 Å². The van der Waals surface area contributed by atoms with Gasteiger partial charge in [0.15, 0.2) is 0 Å². The van der Waals surface area contributed by atoms with Crippen LogP contribution in [0.4, 0.5) is 4.79 Å². The molecule has 1 aliphatic rings. The first kappa shape index (κ1) is 19.9. The first-order valence-electron chi connectivity index (χ1n) is 10.1. The van der Waals surface area contributed by atoms with Crippen molar-refractivity contribution in [2.75, 3.05) is 13.6 Å². The Morgan fingerprint density at radius 3 is 3.03 bits per heavy atom. The fraction of sp³-hybridized carbons (Fsp3) is 0.348. The van der Waals surface area contributed by atoms with Crippen molar-refractivity contribution in [3.8, 4) is 11.8 Å². The minimum absolute atomic E-state index is 0.113. The predicted octanol–water partition coefficient (Wildman–Crippen LogP) is 3.21. The average Bonchev–Trinajstić information content (AvgIpc) is 3.10. The Labute approximate surface area is 175 Å². The molecule has 0 saturated carbocycles. The van der Waals surface area contributed by atoms with Crippen molar-refractivity contribution in [2.24, 2.45) is 0 Å². The van der Waals surface area contributed by atoms with E-state index in [0.717, 1.165) is 36.1 Å². The molecule has 30 heavy (non-hydrogen) atoms. The summed E-state index contributed by atoms with van der Waals surface area (Å²) in [5.74, 6) is 6.87. The van der Waals surface area contributed by atoms with Crippen molar-refractivity contribution >= 4 is 17.1 Å². The van der Waals surface area contributed by atoms with Crippen LogP contribution in [0.25, 0.3) is 11.0 Å². The van der Waals surface area contributed by atoms with Crippen LogP contribution in [0.2, 0.25) is 0 Å². The van der Waals surface area contributed by atoms with Gasteiger partial charge < -0.3 is 15.0 Å². The number of rotatable bonds is 5. The van der Waals surface area contributed by atoms with Crippen LogP contribution in [0, 0.1) is 11.8 Å². The van der Waals surface area contributed by atoms with Crippen LogP contribution in [0.15, 0.2) is 42.6 Å². The SMILES string of the molecule is CN(Cc1nc2ccccc2n1CC#CCNC(=O)O)C1CCCc2cccnc21. The number of carboxylic acid groups (broad SMARTS) is 1. The lowest BCUT2D eigenvalue weighted by molar-refractivity contribution is 0.196. The number of aromatic nitrogens is 3. The molecule has 2 aromatic heterocycles. The molecule has 0 radical (unpaired) electrons. The highest BCUT2D eigenvalue weighted by atomic mass is 16.4. The minimum Gasteiger partial charge on any atom is -0.465 e. The maximum absolute atomic E-state index is 10.6. The van der Waals surface area contributed by atoms with Gasteiger partial charge in [-0.1, -0.05) is 30.0 Å². The molecule has 0 spiro atoms. The topological polar surface area (TPSA) is 83.3 Å². The van der Waals surface area contributed by atoms with Crippen molar-refractivity contribution in [3.05, 3.63) is 59.7 Å². The molecule has 0 bridgehead atoms. The zero-order chi connectivity index (χ0) is 20.9. The summed E-state index contributed by atoms with van der Waals surface area (Å²) in [7, 11) is 2.13.